The molecule has 0 radical (unpaired) electrons. The van der Waals surface area contributed by atoms with Gasteiger partial charge in [0.1, 0.15) is 0 Å². The molecule has 57 heavy (non-hydrogen) atoms. The average Bonchev–Trinajstić information content (AvgIpc) is 3.76. The summed E-state index contributed by atoms with van der Waals surface area (Å²) in [5.74, 6) is 0. The molecule has 13 rings (SSSR count). The number of hydrogen-bond acceptors (Lipinski definition) is 0. The van der Waals surface area contributed by atoms with Crippen molar-refractivity contribution in [2.24, 2.45) is 0 Å². The Morgan fingerprint density at radius 2 is 0.684 bits per heavy atom. The number of rotatable bonds is 4. The zero-order valence-electron chi connectivity index (χ0n) is 47.7. The molecule has 0 heterocycles. The Bertz CT molecular complexity index is 4270. The molecule has 1 aliphatic carbocycles. The SMILES string of the molecule is [2H]c1c([2H])c2c([2H])c([2H])c3c([2H])c([2H])c(-c4ccc5c(c4)C(c4ccccc4)(c4ccccc4)c4cc(-c6c([2H])c([2H])c7c([2H])c([2H])c8c([2H])c([2H])c([2H])c9c([2H])c([2H])c6c7c89)ccc4-5)c4c([2H])c([2H])c(c1[2H])c2c34. The highest BCUT2D eigenvalue weighted by atomic mass is 14.5. The molecule has 0 amide bonds. The van der Waals surface area contributed by atoms with E-state index < -0.39 is 102 Å². The maximum Gasteiger partial charge on any atom is 0.0713 e. The first kappa shape index (κ1) is 18.6. The molecule has 12 aromatic rings. The van der Waals surface area contributed by atoms with Crippen molar-refractivity contribution in [3.63, 3.8) is 0 Å². The molecular formula is C57H34. The summed E-state index contributed by atoms with van der Waals surface area (Å²) in [6, 6.07) is 21.8. The zero-order chi connectivity index (χ0) is 52.9. The first-order valence-electron chi connectivity index (χ1n) is 27.5. The lowest BCUT2D eigenvalue weighted by Crippen LogP contribution is -2.28. The third kappa shape index (κ3) is 4.12. The lowest BCUT2D eigenvalue weighted by Gasteiger charge is -2.34. The molecule has 0 saturated carbocycles. The van der Waals surface area contributed by atoms with Crippen LogP contribution in [0.4, 0.5) is 0 Å². The first-order chi connectivity index (χ1) is 35.8. The second-order valence-corrected chi connectivity index (χ2v) is 14.5. The first-order valence-corrected chi connectivity index (χ1v) is 18.5. The van der Waals surface area contributed by atoms with Gasteiger partial charge in [0.15, 0.2) is 0 Å². The second kappa shape index (κ2) is 11.4. The van der Waals surface area contributed by atoms with Gasteiger partial charge in [-0.3, -0.25) is 0 Å². The van der Waals surface area contributed by atoms with Gasteiger partial charge in [-0.1, -0.05) is 194 Å². The van der Waals surface area contributed by atoms with Gasteiger partial charge in [-0.15, -0.1) is 0 Å². The molecule has 0 nitrogen and oxygen atoms in total. The van der Waals surface area contributed by atoms with Gasteiger partial charge in [-0.25, -0.2) is 0 Å². The van der Waals surface area contributed by atoms with E-state index in [1.165, 1.54) is 0 Å². The Morgan fingerprint density at radius 1 is 0.316 bits per heavy atom. The fourth-order valence-corrected chi connectivity index (χ4v) is 9.36. The van der Waals surface area contributed by atoms with E-state index in [1.807, 2.05) is 84.9 Å². The van der Waals surface area contributed by atoms with Crippen molar-refractivity contribution >= 4 is 64.6 Å². The Balaban J connectivity index is 1.16. The molecule has 0 spiro atoms. The van der Waals surface area contributed by atoms with E-state index in [4.69, 9.17) is 13.7 Å². The quantitative estimate of drug-likeness (QED) is 0.158. The summed E-state index contributed by atoms with van der Waals surface area (Å²) in [6.45, 7) is 0. The summed E-state index contributed by atoms with van der Waals surface area (Å²) in [5, 5.41) is -0.615. The van der Waals surface area contributed by atoms with E-state index in [0.717, 1.165) is 22.3 Å². The van der Waals surface area contributed by atoms with Crippen LogP contribution in [-0.4, -0.2) is 0 Å². The number of hydrogen-bond donors (Lipinski definition) is 0. The van der Waals surface area contributed by atoms with Gasteiger partial charge in [0.2, 0.25) is 0 Å². The van der Waals surface area contributed by atoms with E-state index in [9.17, 15) is 11.0 Å². The summed E-state index contributed by atoms with van der Waals surface area (Å²) in [7, 11) is 0. The molecule has 0 fully saturated rings. The van der Waals surface area contributed by atoms with Crippen LogP contribution in [0.2, 0.25) is 0 Å². The molecule has 0 bridgehead atoms. The second-order valence-electron chi connectivity index (χ2n) is 14.5. The van der Waals surface area contributed by atoms with Crippen molar-refractivity contribution in [3.8, 4) is 33.4 Å². The average molecular weight is 737 g/mol. The lowest BCUT2D eigenvalue weighted by atomic mass is 9.67. The summed E-state index contributed by atoms with van der Waals surface area (Å²) in [4.78, 5) is 0. The van der Waals surface area contributed by atoms with Crippen molar-refractivity contribution in [1.82, 2.24) is 0 Å². The molecule has 0 N–H and O–H groups in total. The highest BCUT2D eigenvalue weighted by Crippen LogP contribution is 2.58. The highest BCUT2D eigenvalue weighted by molar-refractivity contribution is 6.26. The minimum absolute atomic E-state index is 0.0202. The van der Waals surface area contributed by atoms with Gasteiger partial charge < -0.3 is 0 Å². The van der Waals surface area contributed by atoms with Crippen molar-refractivity contribution < 1.29 is 24.7 Å². The summed E-state index contributed by atoms with van der Waals surface area (Å²) in [6.07, 6.45) is 0. The normalized spacial score (nSPS) is 17.8. The predicted molar refractivity (Wildman–Crippen MR) is 242 cm³/mol. The molecule has 0 heteroatoms. The summed E-state index contributed by atoms with van der Waals surface area (Å²) < 4.78 is 165. The smallest absolute Gasteiger partial charge is 0.0622 e. The van der Waals surface area contributed by atoms with Gasteiger partial charge in [0, 0.05) is 0 Å². The van der Waals surface area contributed by atoms with E-state index >= 15 is 0 Å². The van der Waals surface area contributed by atoms with Crippen molar-refractivity contribution in [2.75, 3.05) is 0 Å². The van der Waals surface area contributed by atoms with Crippen LogP contribution in [0, 0.1) is 0 Å². The fourth-order valence-electron chi connectivity index (χ4n) is 9.36. The highest BCUT2D eigenvalue weighted by Gasteiger charge is 2.46. The Hall–Kier alpha value is -7.28. The monoisotopic (exact) mass is 736 g/mol. The van der Waals surface area contributed by atoms with Crippen LogP contribution in [0.1, 0.15) is 46.9 Å². The van der Waals surface area contributed by atoms with E-state index in [1.54, 1.807) is 12.1 Å². The van der Waals surface area contributed by atoms with Crippen LogP contribution in [0.25, 0.3) is 98.0 Å². The van der Waals surface area contributed by atoms with Crippen molar-refractivity contribution in [2.45, 2.75) is 5.41 Å². The molecule has 0 saturated heterocycles. The van der Waals surface area contributed by atoms with E-state index in [0.29, 0.717) is 22.3 Å². The minimum Gasteiger partial charge on any atom is -0.0622 e. The topological polar surface area (TPSA) is 0 Å². The molecule has 0 aromatic heterocycles. The molecule has 0 atom stereocenters. The fraction of sp³-hybridized carbons (Fsp3) is 0.0175. The third-order valence-electron chi connectivity index (χ3n) is 11.8. The van der Waals surface area contributed by atoms with Gasteiger partial charge in [-0.2, -0.15) is 0 Å². The molecule has 262 valence electrons. The van der Waals surface area contributed by atoms with Crippen LogP contribution >= 0.6 is 0 Å². The minimum atomic E-state index is -1.24. The molecule has 12 aromatic carbocycles. The van der Waals surface area contributed by atoms with Crippen LogP contribution in [0.5, 0.6) is 0 Å². The van der Waals surface area contributed by atoms with Gasteiger partial charge in [0.05, 0.1) is 30.1 Å². The van der Waals surface area contributed by atoms with Crippen molar-refractivity contribution in [1.29, 1.82) is 0 Å². The predicted octanol–water partition coefficient (Wildman–Crippen LogP) is 15.2. The van der Waals surface area contributed by atoms with Gasteiger partial charge in [0.25, 0.3) is 0 Å². The molecule has 0 aliphatic heterocycles. The maximum atomic E-state index is 9.66. The van der Waals surface area contributed by atoms with Gasteiger partial charge in [-0.05, 0) is 132 Å². The van der Waals surface area contributed by atoms with E-state index in [-0.39, 0.29) is 87.8 Å². The maximum absolute atomic E-state index is 9.66. The molecule has 0 unspecified atom stereocenters. The Kier molecular flexibility index (Phi) is 3.71. The van der Waals surface area contributed by atoms with Crippen LogP contribution in [-0.2, 0) is 5.41 Å². The van der Waals surface area contributed by atoms with Crippen LogP contribution < -0.4 is 0 Å². The largest absolute Gasteiger partial charge is 0.0713 e. The summed E-state index contributed by atoms with van der Waals surface area (Å²) in [5.41, 5.74) is 4.03. The van der Waals surface area contributed by atoms with Crippen LogP contribution in [0.15, 0.2) is 206 Å². The number of fused-ring (bicyclic) bond motifs is 3. The molecular weight excluding hydrogens is 685 g/mol. The Labute approximate surface area is 355 Å². The zero-order valence-corrected chi connectivity index (χ0v) is 29.7. The summed E-state index contributed by atoms with van der Waals surface area (Å²) >= 11 is 0. The molecule has 1 aliphatic rings. The van der Waals surface area contributed by atoms with Crippen molar-refractivity contribution in [3.05, 3.63) is 228 Å². The standard InChI is InChI=1S/C57H34/c1-3-13-43(14-4-1)57(44-15-5-2-6-16-44)51-33-41(45-27-21-39-19-17-35-9-7-11-37-23-31-49(45)55(39)53(35)37)25-29-47(51)48-30-26-42(34-52(48)57)46-28-22-40-20-18-36-10-8-12-38-24-32-50(46)56(40)54(36)38/h1-34H/i7D,8D,9D,10D,11D,12D,17D,18D,19D,20D,21D,22D,23D,24D,27D,28D,31D,32D. The van der Waals surface area contributed by atoms with E-state index in [2.05, 4.69) is 0 Å². The number of benzene rings is 12. The Morgan fingerprint density at radius 3 is 1.11 bits per heavy atom. The lowest BCUT2D eigenvalue weighted by molar-refractivity contribution is 0.769. The third-order valence-corrected chi connectivity index (χ3v) is 11.8. The van der Waals surface area contributed by atoms with Crippen LogP contribution in [0.3, 0.4) is 0 Å². The van der Waals surface area contributed by atoms with Gasteiger partial charge >= 0.3 is 0 Å².